The van der Waals surface area contributed by atoms with Gasteiger partial charge in [0.2, 0.25) is 0 Å². The number of H-pyrrole nitrogens is 1. The lowest BCUT2D eigenvalue weighted by Gasteiger charge is -2.05. The van der Waals surface area contributed by atoms with Crippen LogP contribution >= 0.6 is 0 Å². The number of aromatic amines is 1. The Morgan fingerprint density at radius 3 is 3.00 bits per heavy atom. The number of nitrogen functional groups attached to an aromatic ring is 1. The van der Waals surface area contributed by atoms with Crippen LogP contribution in [0.25, 0.3) is 22.6 Å². The standard InChI is InChI=1S/C12H11N5O/c1-18-7-2-3-9(13)8(4-7)11-16-10-5-14-6-15-12(10)17-11/h2-6H,13H2,1H3,(H,14,15,16,17). The maximum Gasteiger partial charge on any atom is 0.181 e. The van der Waals surface area contributed by atoms with Crippen LogP contribution in [0.5, 0.6) is 5.75 Å². The molecule has 2 aromatic heterocycles. The van der Waals surface area contributed by atoms with E-state index in [9.17, 15) is 0 Å². The van der Waals surface area contributed by atoms with E-state index in [0.29, 0.717) is 17.2 Å². The highest BCUT2D eigenvalue weighted by atomic mass is 16.5. The minimum Gasteiger partial charge on any atom is -0.497 e. The van der Waals surface area contributed by atoms with Gasteiger partial charge in [0, 0.05) is 11.3 Å². The van der Waals surface area contributed by atoms with Gasteiger partial charge in [0.05, 0.1) is 13.3 Å². The third kappa shape index (κ3) is 1.64. The second-order valence-electron chi connectivity index (χ2n) is 3.80. The van der Waals surface area contributed by atoms with Gasteiger partial charge in [-0.1, -0.05) is 0 Å². The second kappa shape index (κ2) is 3.99. The Hall–Kier alpha value is -2.63. The van der Waals surface area contributed by atoms with Gasteiger partial charge in [-0.25, -0.2) is 15.0 Å². The normalized spacial score (nSPS) is 10.7. The lowest BCUT2D eigenvalue weighted by atomic mass is 10.1. The Kier molecular flexibility index (Phi) is 2.33. The predicted molar refractivity (Wildman–Crippen MR) is 68.1 cm³/mol. The number of rotatable bonds is 2. The topological polar surface area (TPSA) is 89.7 Å². The number of benzene rings is 1. The molecule has 0 aliphatic rings. The number of nitrogens with two attached hydrogens (primary N) is 1. The zero-order chi connectivity index (χ0) is 12.5. The molecule has 1 aromatic carbocycles. The number of imidazole rings is 1. The summed E-state index contributed by atoms with van der Waals surface area (Å²) in [7, 11) is 1.61. The lowest BCUT2D eigenvalue weighted by molar-refractivity contribution is 0.415. The van der Waals surface area contributed by atoms with Crippen LogP contribution < -0.4 is 10.5 Å². The van der Waals surface area contributed by atoms with Gasteiger partial charge in [-0.05, 0) is 18.2 Å². The fraction of sp³-hybridized carbons (Fsp3) is 0.0833. The second-order valence-corrected chi connectivity index (χ2v) is 3.80. The number of methoxy groups -OCH3 is 1. The first-order valence-corrected chi connectivity index (χ1v) is 5.37. The predicted octanol–water partition coefficient (Wildman–Crippen LogP) is 1.61. The van der Waals surface area contributed by atoms with Gasteiger partial charge in [0.1, 0.15) is 23.4 Å². The SMILES string of the molecule is COc1ccc(N)c(-c2nc3ncncc3[nH]2)c1. The van der Waals surface area contributed by atoms with E-state index in [4.69, 9.17) is 10.5 Å². The third-order valence-corrected chi connectivity index (χ3v) is 2.68. The number of ether oxygens (including phenoxy) is 1. The number of anilines is 1. The molecule has 0 saturated carbocycles. The highest BCUT2D eigenvalue weighted by molar-refractivity contribution is 5.80. The molecule has 3 N–H and O–H groups in total. The first kappa shape index (κ1) is 10.5. The molecule has 0 aliphatic heterocycles. The van der Waals surface area contributed by atoms with E-state index in [1.54, 1.807) is 25.4 Å². The van der Waals surface area contributed by atoms with Crippen LogP contribution in [-0.4, -0.2) is 27.0 Å². The summed E-state index contributed by atoms with van der Waals surface area (Å²) < 4.78 is 5.18. The summed E-state index contributed by atoms with van der Waals surface area (Å²) in [5.74, 6) is 1.38. The van der Waals surface area contributed by atoms with E-state index < -0.39 is 0 Å². The maximum absolute atomic E-state index is 5.95. The molecule has 0 radical (unpaired) electrons. The molecule has 3 rings (SSSR count). The van der Waals surface area contributed by atoms with Crippen LogP contribution in [0.3, 0.4) is 0 Å². The number of aromatic nitrogens is 4. The van der Waals surface area contributed by atoms with Crippen LogP contribution in [0.4, 0.5) is 5.69 Å². The highest BCUT2D eigenvalue weighted by Crippen LogP contribution is 2.28. The van der Waals surface area contributed by atoms with Crippen LogP contribution in [0.1, 0.15) is 0 Å². The van der Waals surface area contributed by atoms with Gasteiger partial charge in [-0.2, -0.15) is 0 Å². The fourth-order valence-corrected chi connectivity index (χ4v) is 1.76. The molecule has 0 aliphatic carbocycles. The molecule has 3 aromatic rings. The molecule has 18 heavy (non-hydrogen) atoms. The molecule has 0 amide bonds. The van der Waals surface area contributed by atoms with Crippen LogP contribution in [0.2, 0.25) is 0 Å². The van der Waals surface area contributed by atoms with E-state index in [0.717, 1.165) is 16.8 Å². The van der Waals surface area contributed by atoms with Gasteiger partial charge in [0.25, 0.3) is 0 Å². The molecule has 0 fully saturated rings. The van der Waals surface area contributed by atoms with Gasteiger partial charge >= 0.3 is 0 Å². The lowest BCUT2D eigenvalue weighted by Crippen LogP contribution is -1.93. The molecule has 2 heterocycles. The summed E-state index contributed by atoms with van der Waals surface area (Å²) in [6, 6.07) is 5.43. The zero-order valence-electron chi connectivity index (χ0n) is 9.71. The van der Waals surface area contributed by atoms with Gasteiger partial charge in [-0.15, -0.1) is 0 Å². The van der Waals surface area contributed by atoms with Crippen molar-refractivity contribution in [3.8, 4) is 17.1 Å². The molecular weight excluding hydrogens is 230 g/mol. The van der Waals surface area contributed by atoms with Crippen LogP contribution in [0, 0.1) is 0 Å². The number of nitrogens with zero attached hydrogens (tertiary/aromatic N) is 3. The van der Waals surface area contributed by atoms with Crippen molar-refractivity contribution in [1.29, 1.82) is 0 Å². The number of hydrogen-bond donors (Lipinski definition) is 2. The first-order valence-electron chi connectivity index (χ1n) is 5.37. The molecular formula is C12H11N5O. The van der Waals surface area contributed by atoms with Crippen LogP contribution in [0.15, 0.2) is 30.7 Å². The molecule has 0 bridgehead atoms. The average Bonchev–Trinajstić information content (AvgIpc) is 2.82. The summed E-state index contributed by atoms with van der Waals surface area (Å²) in [5.41, 5.74) is 8.74. The van der Waals surface area contributed by atoms with Crippen molar-refractivity contribution in [2.24, 2.45) is 0 Å². The van der Waals surface area contributed by atoms with Crippen LogP contribution in [-0.2, 0) is 0 Å². The Morgan fingerprint density at radius 2 is 2.22 bits per heavy atom. The van der Waals surface area contributed by atoms with Gasteiger partial charge in [0.15, 0.2) is 5.65 Å². The molecule has 6 heteroatoms. The van der Waals surface area contributed by atoms with Crippen molar-refractivity contribution in [3.05, 3.63) is 30.7 Å². The van der Waals surface area contributed by atoms with E-state index in [1.165, 1.54) is 6.33 Å². The van der Waals surface area contributed by atoms with Crippen molar-refractivity contribution in [1.82, 2.24) is 19.9 Å². The molecule has 90 valence electrons. The van der Waals surface area contributed by atoms with E-state index >= 15 is 0 Å². The molecule has 0 spiro atoms. The number of fused-ring (bicyclic) bond motifs is 1. The van der Waals surface area contributed by atoms with Gasteiger partial charge in [-0.3, -0.25) is 0 Å². The van der Waals surface area contributed by atoms with Crippen molar-refractivity contribution in [2.45, 2.75) is 0 Å². The zero-order valence-corrected chi connectivity index (χ0v) is 9.71. The minimum absolute atomic E-state index is 0.613. The Balaban J connectivity index is 2.19. The average molecular weight is 241 g/mol. The third-order valence-electron chi connectivity index (χ3n) is 2.68. The van der Waals surface area contributed by atoms with Crippen molar-refractivity contribution in [3.63, 3.8) is 0 Å². The van der Waals surface area contributed by atoms with Crippen molar-refractivity contribution < 1.29 is 4.74 Å². The summed E-state index contributed by atoms with van der Waals surface area (Å²) >= 11 is 0. The van der Waals surface area contributed by atoms with E-state index in [-0.39, 0.29) is 0 Å². The fourth-order valence-electron chi connectivity index (χ4n) is 1.76. The number of hydrogen-bond acceptors (Lipinski definition) is 5. The Morgan fingerprint density at radius 1 is 1.33 bits per heavy atom. The maximum atomic E-state index is 5.95. The number of nitrogens with one attached hydrogen (secondary N) is 1. The first-order chi connectivity index (χ1) is 8.78. The van der Waals surface area contributed by atoms with Crippen molar-refractivity contribution in [2.75, 3.05) is 12.8 Å². The summed E-state index contributed by atoms with van der Waals surface area (Å²) in [6.07, 6.45) is 3.14. The van der Waals surface area contributed by atoms with E-state index in [1.807, 2.05) is 6.07 Å². The van der Waals surface area contributed by atoms with E-state index in [2.05, 4.69) is 19.9 Å². The molecule has 0 atom stereocenters. The Labute approximate surface area is 103 Å². The minimum atomic E-state index is 0.613. The highest BCUT2D eigenvalue weighted by Gasteiger charge is 2.10. The summed E-state index contributed by atoms with van der Waals surface area (Å²) in [6.45, 7) is 0. The van der Waals surface area contributed by atoms with Gasteiger partial charge < -0.3 is 15.5 Å². The Bertz CT molecular complexity index is 674. The largest absolute Gasteiger partial charge is 0.497 e. The summed E-state index contributed by atoms with van der Waals surface area (Å²) in [5, 5.41) is 0. The molecule has 6 nitrogen and oxygen atoms in total. The molecule has 0 saturated heterocycles. The monoisotopic (exact) mass is 241 g/mol. The summed E-state index contributed by atoms with van der Waals surface area (Å²) in [4.78, 5) is 15.5. The van der Waals surface area contributed by atoms with Crippen molar-refractivity contribution >= 4 is 16.9 Å². The smallest absolute Gasteiger partial charge is 0.181 e. The quantitative estimate of drug-likeness (QED) is 0.665. The molecule has 0 unspecified atom stereocenters.